The van der Waals surface area contributed by atoms with Gasteiger partial charge in [-0.15, -0.1) is 0 Å². The monoisotopic (exact) mass is 236 g/mol. The van der Waals surface area contributed by atoms with E-state index in [1.165, 1.54) is 7.11 Å². The number of likely N-dealkylation sites (N-methyl/N-ethyl adjacent to an activating group) is 1. The van der Waals surface area contributed by atoms with E-state index in [4.69, 9.17) is 10.5 Å². The van der Waals surface area contributed by atoms with Crippen LogP contribution in [0.2, 0.25) is 0 Å². The lowest BCUT2D eigenvalue weighted by Crippen LogP contribution is -2.41. The third-order valence-corrected chi connectivity index (χ3v) is 2.70. The van der Waals surface area contributed by atoms with Gasteiger partial charge < -0.3 is 15.4 Å². The summed E-state index contributed by atoms with van der Waals surface area (Å²) in [5.41, 5.74) is 8.60. The Labute approximate surface area is 102 Å². The number of amides is 1. The van der Waals surface area contributed by atoms with Gasteiger partial charge in [0, 0.05) is 26.4 Å². The van der Waals surface area contributed by atoms with Crippen LogP contribution in [-0.4, -0.2) is 32.7 Å². The summed E-state index contributed by atoms with van der Waals surface area (Å²) in [6.07, 6.45) is -0.583. The highest BCUT2D eigenvalue weighted by Gasteiger charge is 2.21. The van der Waals surface area contributed by atoms with Gasteiger partial charge in [0.15, 0.2) is 0 Å². The number of carbonyl (C=O) groups is 1. The fourth-order valence-corrected chi connectivity index (χ4v) is 1.79. The van der Waals surface area contributed by atoms with Crippen molar-refractivity contribution in [1.82, 2.24) is 0 Å². The van der Waals surface area contributed by atoms with Gasteiger partial charge in [-0.1, -0.05) is 6.07 Å². The van der Waals surface area contributed by atoms with Gasteiger partial charge in [0.2, 0.25) is 0 Å². The maximum Gasteiger partial charge on any atom is 0.257 e. The van der Waals surface area contributed by atoms with E-state index in [-0.39, 0.29) is 12.5 Å². The van der Waals surface area contributed by atoms with E-state index in [2.05, 4.69) is 6.07 Å². The summed E-state index contributed by atoms with van der Waals surface area (Å²) >= 11 is 0. The number of hydrogen-bond donors (Lipinski definition) is 1. The number of nitrogens with two attached hydrogens (primary N) is 1. The van der Waals surface area contributed by atoms with E-state index < -0.39 is 6.10 Å². The van der Waals surface area contributed by atoms with Crippen molar-refractivity contribution in [1.29, 1.82) is 0 Å². The van der Waals surface area contributed by atoms with Crippen molar-refractivity contribution in [2.45, 2.75) is 20.0 Å². The molecule has 1 unspecified atom stereocenters. The van der Waals surface area contributed by atoms with Gasteiger partial charge in [-0.3, -0.25) is 4.79 Å². The smallest absolute Gasteiger partial charge is 0.257 e. The number of methoxy groups -OCH3 is 1. The van der Waals surface area contributed by atoms with Crippen LogP contribution in [0.25, 0.3) is 0 Å². The molecule has 0 bridgehead atoms. The Hall–Kier alpha value is -1.39. The standard InChI is InChI=1S/C13H20N2O2/c1-9-5-10(2)7-11(6-9)15(3)13(16)12(8-14)17-4/h5-7,12H,8,14H2,1-4H3. The molecule has 0 saturated heterocycles. The Bertz CT molecular complexity index is 380. The lowest BCUT2D eigenvalue weighted by Gasteiger charge is -2.22. The predicted octanol–water partition coefficient (Wildman–Crippen LogP) is 1.24. The first kappa shape index (κ1) is 13.7. The number of benzene rings is 1. The average Bonchev–Trinajstić information content (AvgIpc) is 2.28. The molecule has 2 N–H and O–H groups in total. The van der Waals surface area contributed by atoms with Gasteiger partial charge in [-0.25, -0.2) is 0 Å². The summed E-state index contributed by atoms with van der Waals surface area (Å²) in [6, 6.07) is 6.00. The van der Waals surface area contributed by atoms with Gasteiger partial charge in [0.05, 0.1) is 0 Å². The summed E-state index contributed by atoms with van der Waals surface area (Å²) in [5, 5.41) is 0. The van der Waals surface area contributed by atoms with Crippen LogP contribution in [0.15, 0.2) is 18.2 Å². The highest BCUT2D eigenvalue weighted by molar-refractivity contribution is 5.96. The highest BCUT2D eigenvalue weighted by atomic mass is 16.5. The Morgan fingerprint density at radius 2 is 1.88 bits per heavy atom. The molecule has 0 spiro atoms. The quantitative estimate of drug-likeness (QED) is 0.855. The third-order valence-electron chi connectivity index (χ3n) is 2.70. The molecule has 1 rings (SSSR count). The van der Waals surface area contributed by atoms with E-state index in [9.17, 15) is 4.79 Å². The fourth-order valence-electron chi connectivity index (χ4n) is 1.79. The van der Waals surface area contributed by atoms with Gasteiger partial charge in [0.25, 0.3) is 5.91 Å². The molecule has 1 amide bonds. The Balaban J connectivity index is 2.95. The zero-order valence-corrected chi connectivity index (χ0v) is 10.9. The zero-order chi connectivity index (χ0) is 13.0. The number of carbonyl (C=O) groups excluding carboxylic acids is 1. The summed E-state index contributed by atoms with van der Waals surface area (Å²) in [7, 11) is 3.23. The molecule has 17 heavy (non-hydrogen) atoms. The van der Waals surface area contributed by atoms with Crippen LogP contribution in [0.1, 0.15) is 11.1 Å². The summed E-state index contributed by atoms with van der Waals surface area (Å²) in [6.45, 7) is 4.20. The normalized spacial score (nSPS) is 12.3. The van der Waals surface area contributed by atoms with Crippen molar-refractivity contribution < 1.29 is 9.53 Å². The second kappa shape index (κ2) is 5.80. The minimum Gasteiger partial charge on any atom is -0.370 e. The molecule has 4 nitrogen and oxygen atoms in total. The van der Waals surface area contributed by atoms with Crippen LogP contribution >= 0.6 is 0 Å². The molecular formula is C13H20N2O2. The van der Waals surface area contributed by atoms with Gasteiger partial charge in [-0.05, 0) is 37.1 Å². The number of aryl methyl sites for hydroxylation is 2. The van der Waals surface area contributed by atoms with E-state index in [1.54, 1.807) is 11.9 Å². The number of ether oxygens (including phenoxy) is 1. The fraction of sp³-hybridized carbons (Fsp3) is 0.462. The maximum absolute atomic E-state index is 12.0. The first-order chi connectivity index (χ1) is 7.99. The molecule has 0 fully saturated rings. The van der Waals surface area contributed by atoms with E-state index >= 15 is 0 Å². The van der Waals surface area contributed by atoms with Crippen molar-refractivity contribution >= 4 is 11.6 Å². The molecule has 94 valence electrons. The lowest BCUT2D eigenvalue weighted by atomic mass is 10.1. The zero-order valence-electron chi connectivity index (χ0n) is 10.9. The number of anilines is 1. The van der Waals surface area contributed by atoms with Crippen molar-refractivity contribution in [3.05, 3.63) is 29.3 Å². The predicted molar refractivity (Wildman–Crippen MR) is 69.2 cm³/mol. The molecule has 0 radical (unpaired) electrons. The van der Waals surface area contributed by atoms with Gasteiger partial charge in [-0.2, -0.15) is 0 Å². The van der Waals surface area contributed by atoms with Crippen molar-refractivity contribution in [3.8, 4) is 0 Å². The molecule has 0 aliphatic carbocycles. The Kier molecular flexibility index (Phi) is 4.66. The third kappa shape index (κ3) is 3.28. The topological polar surface area (TPSA) is 55.6 Å². The molecule has 1 atom stereocenters. The minimum absolute atomic E-state index is 0.125. The van der Waals surface area contributed by atoms with E-state index in [0.717, 1.165) is 16.8 Å². The average molecular weight is 236 g/mol. The van der Waals surface area contributed by atoms with Crippen molar-refractivity contribution in [2.75, 3.05) is 25.6 Å². The molecule has 0 aliphatic rings. The van der Waals surface area contributed by atoms with Crippen molar-refractivity contribution in [3.63, 3.8) is 0 Å². The molecule has 1 aromatic rings. The molecule has 0 heterocycles. The largest absolute Gasteiger partial charge is 0.370 e. The number of rotatable bonds is 4. The number of hydrogen-bond acceptors (Lipinski definition) is 3. The lowest BCUT2D eigenvalue weighted by molar-refractivity contribution is -0.127. The van der Waals surface area contributed by atoms with Crippen molar-refractivity contribution in [2.24, 2.45) is 5.73 Å². The summed E-state index contributed by atoms with van der Waals surface area (Å²) in [4.78, 5) is 13.6. The summed E-state index contributed by atoms with van der Waals surface area (Å²) in [5.74, 6) is -0.125. The first-order valence-electron chi connectivity index (χ1n) is 5.58. The van der Waals surface area contributed by atoms with Crippen LogP contribution in [-0.2, 0) is 9.53 Å². The highest BCUT2D eigenvalue weighted by Crippen LogP contribution is 2.18. The molecule has 0 aromatic heterocycles. The van der Waals surface area contributed by atoms with E-state index in [1.807, 2.05) is 26.0 Å². The van der Waals surface area contributed by atoms with Crippen LogP contribution in [0, 0.1) is 13.8 Å². The van der Waals surface area contributed by atoms with Crippen LogP contribution in [0.5, 0.6) is 0 Å². The molecule has 1 aromatic carbocycles. The van der Waals surface area contributed by atoms with Crippen LogP contribution in [0.3, 0.4) is 0 Å². The second-order valence-electron chi connectivity index (χ2n) is 4.20. The molecule has 4 heteroatoms. The summed E-state index contributed by atoms with van der Waals surface area (Å²) < 4.78 is 5.05. The Morgan fingerprint density at radius 1 is 1.35 bits per heavy atom. The molecular weight excluding hydrogens is 216 g/mol. The second-order valence-corrected chi connectivity index (χ2v) is 4.20. The number of nitrogens with zero attached hydrogens (tertiary/aromatic N) is 1. The molecule has 0 aliphatic heterocycles. The minimum atomic E-state index is -0.583. The van der Waals surface area contributed by atoms with Crippen LogP contribution < -0.4 is 10.6 Å². The van der Waals surface area contributed by atoms with Gasteiger partial charge in [0.1, 0.15) is 6.10 Å². The van der Waals surface area contributed by atoms with Gasteiger partial charge >= 0.3 is 0 Å². The molecule has 0 saturated carbocycles. The Morgan fingerprint density at radius 3 is 2.29 bits per heavy atom. The first-order valence-corrected chi connectivity index (χ1v) is 5.58. The van der Waals surface area contributed by atoms with Crippen LogP contribution in [0.4, 0.5) is 5.69 Å². The maximum atomic E-state index is 12.0. The SMILES string of the molecule is COC(CN)C(=O)N(C)c1cc(C)cc(C)c1. The van der Waals surface area contributed by atoms with E-state index in [0.29, 0.717) is 0 Å².